The standard InChI is InChI=1S/C7H9ClO3/c1-2-5-11-7(10)4-3-6(8)9/h2H,1,3-5H2. The summed E-state index contributed by atoms with van der Waals surface area (Å²) in [5.41, 5.74) is 0. The molecule has 4 heteroatoms. The number of carbonyl (C=O) groups excluding carboxylic acids is 2. The molecule has 0 aliphatic rings. The van der Waals surface area contributed by atoms with Crippen LogP contribution in [0.5, 0.6) is 0 Å². The number of hydrogen-bond acceptors (Lipinski definition) is 3. The van der Waals surface area contributed by atoms with Crippen molar-refractivity contribution >= 4 is 22.8 Å². The Morgan fingerprint density at radius 1 is 1.45 bits per heavy atom. The maximum atomic E-state index is 10.6. The summed E-state index contributed by atoms with van der Waals surface area (Å²) >= 11 is 4.99. The van der Waals surface area contributed by atoms with Gasteiger partial charge >= 0.3 is 5.97 Å². The van der Waals surface area contributed by atoms with Crippen LogP contribution in [0.15, 0.2) is 12.7 Å². The van der Waals surface area contributed by atoms with Crippen molar-refractivity contribution in [3.63, 3.8) is 0 Å². The largest absolute Gasteiger partial charge is 0.461 e. The summed E-state index contributed by atoms with van der Waals surface area (Å²) in [6.07, 6.45) is 1.52. The molecule has 3 nitrogen and oxygen atoms in total. The SMILES string of the molecule is C=CCOC(=O)CCC(=O)Cl. The van der Waals surface area contributed by atoms with Crippen molar-refractivity contribution in [1.82, 2.24) is 0 Å². The van der Waals surface area contributed by atoms with Crippen molar-refractivity contribution in [1.29, 1.82) is 0 Å². The van der Waals surface area contributed by atoms with Gasteiger partial charge in [0, 0.05) is 6.42 Å². The highest BCUT2D eigenvalue weighted by atomic mass is 35.5. The van der Waals surface area contributed by atoms with Gasteiger partial charge in [-0.25, -0.2) is 0 Å². The Hall–Kier alpha value is -0.830. The summed E-state index contributed by atoms with van der Waals surface area (Å²) in [6.45, 7) is 3.53. The van der Waals surface area contributed by atoms with E-state index in [-0.39, 0.29) is 19.4 Å². The fourth-order valence-electron chi connectivity index (χ4n) is 0.424. The van der Waals surface area contributed by atoms with Crippen LogP contribution in [0.25, 0.3) is 0 Å². The van der Waals surface area contributed by atoms with Crippen molar-refractivity contribution in [2.75, 3.05) is 6.61 Å². The van der Waals surface area contributed by atoms with Crippen molar-refractivity contribution in [2.45, 2.75) is 12.8 Å². The van der Waals surface area contributed by atoms with Crippen LogP contribution in [0.2, 0.25) is 0 Å². The molecule has 0 heterocycles. The Labute approximate surface area is 70.0 Å². The molecule has 0 unspecified atom stereocenters. The smallest absolute Gasteiger partial charge is 0.306 e. The quantitative estimate of drug-likeness (QED) is 0.360. The molecule has 0 saturated carbocycles. The zero-order chi connectivity index (χ0) is 8.69. The van der Waals surface area contributed by atoms with Gasteiger partial charge < -0.3 is 4.74 Å². The molecule has 0 aliphatic carbocycles. The number of hydrogen-bond donors (Lipinski definition) is 0. The molecule has 0 atom stereocenters. The molecule has 0 aromatic carbocycles. The number of esters is 1. The fourth-order valence-corrected chi connectivity index (χ4v) is 0.519. The van der Waals surface area contributed by atoms with E-state index >= 15 is 0 Å². The Kier molecular flexibility index (Phi) is 5.47. The van der Waals surface area contributed by atoms with Gasteiger partial charge in [0.05, 0.1) is 6.42 Å². The molecule has 62 valence electrons. The molecule has 0 saturated heterocycles. The van der Waals surface area contributed by atoms with Crippen molar-refractivity contribution in [2.24, 2.45) is 0 Å². The summed E-state index contributed by atoms with van der Waals surface area (Å²) in [7, 11) is 0. The zero-order valence-corrected chi connectivity index (χ0v) is 6.76. The second kappa shape index (κ2) is 5.92. The molecule has 0 aromatic heterocycles. The maximum Gasteiger partial charge on any atom is 0.306 e. The summed E-state index contributed by atoms with van der Waals surface area (Å²) in [6, 6.07) is 0. The molecule has 0 spiro atoms. The lowest BCUT2D eigenvalue weighted by Gasteiger charge is -1.97. The first kappa shape index (κ1) is 10.2. The Morgan fingerprint density at radius 2 is 2.09 bits per heavy atom. The van der Waals surface area contributed by atoms with Crippen LogP contribution in [-0.2, 0) is 14.3 Å². The minimum absolute atomic E-state index is 0.0253. The highest BCUT2D eigenvalue weighted by molar-refractivity contribution is 6.63. The van der Waals surface area contributed by atoms with Gasteiger partial charge in [-0.3, -0.25) is 9.59 Å². The van der Waals surface area contributed by atoms with Gasteiger partial charge in [-0.2, -0.15) is 0 Å². The van der Waals surface area contributed by atoms with Crippen LogP contribution >= 0.6 is 11.6 Å². The van der Waals surface area contributed by atoms with Gasteiger partial charge in [0.25, 0.3) is 0 Å². The Balaban J connectivity index is 3.37. The van der Waals surface area contributed by atoms with E-state index in [1.807, 2.05) is 0 Å². The average Bonchev–Trinajstić information content (AvgIpc) is 1.97. The van der Waals surface area contributed by atoms with E-state index in [0.717, 1.165) is 0 Å². The van der Waals surface area contributed by atoms with Crippen molar-refractivity contribution in [3.8, 4) is 0 Å². The molecule has 0 fully saturated rings. The normalized spacial score (nSPS) is 8.82. The van der Waals surface area contributed by atoms with Crippen LogP contribution in [0, 0.1) is 0 Å². The van der Waals surface area contributed by atoms with E-state index in [4.69, 9.17) is 11.6 Å². The fraction of sp³-hybridized carbons (Fsp3) is 0.429. The molecule has 0 bridgehead atoms. The highest BCUT2D eigenvalue weighted by Gasteiger charge is 2.04. The molecule has 0 aromatic rings. The summed E-state index contributed by atoms with van der Waals surface area (Å²) < 4.78 is 4.57. The van der Waals surface area contributed by atoms with E-state index < -0.39 is 11.2 Å². The van der Waals surface area contributed by atoms with Crippen LogP contribution in [0.4, 0.5) is 0 Å². The lowest BCUT2D eigenvalue weighted by molar-refractivity contribution is -0.143. The van der Waals surface area contributed by atoms with E-state index in [1.54, 1.807) is 0 Å². The molecule has 0 radical (unpaired) electrons. The molecule has 0 amide bonds. The predicted molar refractivity (Wildman–Crippen MR) is 41.3 cm³/mol. The number of rotatable bonds is 5. The second-order valence-corrected chi connectivity index (χ2v) is 2.25. The van der Waals surface area contributed by atoms with Gasteiger partial charge in [-0.1, -0.05) is 12.7 Å². The average molecular weight is 177 g/mol. The molecular formula is C7H9ClO3. The third-order valence-electron chi connectivity index (χ3n) is 0.888. The van der Waals surface area contributed by atoms with Crippen molar-refractivity contribution < 1.29 is 14.3 Å². The first-order valence-electron chi connectivity index (χ1n) is 3.11. The second-order valence-electron chi connectivity index (χ2n) is 1.83. The van der Waals surface area contributed by atoms with Crippen LogP contribution in [-0.4, -0.2) is 17.8 Å². The zero-order valence-electron chi connectivity index (χ0n) is 6.01. The third kappa shape index (κ3) is 7.06. The lowest BCUT2D eigenvalue weighted by atomic mass is 10.3. The van der Waals surface area contributed by atoms with Gasteiger partial charge in [-0.15, -0.1) is 0 Å². The lowest BCUT2D eigenvalue weighted by Crippen LogP contribution is -2.05. The number of carbonyl (C=O) groups is 2. The van der Waals surface area contributed by atoms with Crippen LogP contribution in [0.3, 0.4) is 0 Å². The van der Waals surface area contributed by atoms with Gasteiger partial charge in [-0.05, 0) is 11.6 Å². The number of halogens is 1. The summed E-state index contributed by atoms with van der Waals surface area (Å²) in [5.74, 6) is -0.432. The first-order valence-corrected chi connectivity index (χ1v) is 3.49. The topological polar surface area (TPSA) is 43.4 Å². The molecule has 11 heavy (non-hydrogen) atoms. The van der Waals surface area contributed by atoms with E-state index in [0.29, 0.717) is 0 Å². The molecule has 0 rings (SSSR count). The molecule has 0 N–H and O–H groups in total. The monoisotopic (exact) mass is 176 g/mol. The van der Waals surface area contributed by atoms with Gasteiger partial charge in [0.15, 0.2) is 0 Å². The van der Waals surface area contributed by atoms with Crippen molar-refractivity contribution in [3.05, 3.63) is 12.7 Å². The molecular weight excluding hydrogens is 168 g/mol. The van der Waals surface area contributed by atoms with Crippen LogP contribution in [0.1, 0.15) is 12.8 Å². The van der Waals surface area contributed by atoms with E-state index in [1.165, 1.54) is 6.08 Å². The molecule has 0 aliphatic heterocycles. The van der Waals surface area contributed by atoms with Crippen LogP contribution < -0.4 is 0 Å². The van der Waals surface area contributed by atoms with E-state index in [2.05, 4.69) is 11.3 Å². The Bertz CT molecular complexity index is 165. The van der Waals surface area contributed by atoms with E-state index in [9.17, 15) is 9.59 Å². The van der Waals surface area contributed by atoms with Gasteiger partial charge in [0.1, 0.15) is 6.61 Å². The maximum absolute atomic E-state index is 10.6. The predicted octanol–water partition coefficient (Wildman–Crippen LogP) is 1.26. The number of ether oxygens (including phenoxy) is 1. The Morgan fingerprint density at radius 3 is 2.55 bits per heavy atom. The third-order valence-corrected chi connectivity index (χ3v) is 1.08. The summed E-state index contributed by atoms with van der Waals surface area (Å²) in [4.78, 5) is 20.8. The van der Waals surface area contributed by atoms with Gasteiger partial charge in [0.2, 0.25) is 5.24 Å². The minimum Gasteiger partial charge on any atom is -0.461 e. The highest BCUT2D eigenvalue weighted by Crippen LogP contribution is 1.96. The first-order chi connectivity index (χ1) is 5.16. The minimum atomic E-state index is -0.527. The summed E-state index contributed by atoms with van der Waals surface area (Å²) in [5, 5.41) is -0.527.